The van der Waals surface area contributed by atoms with Gasteiger partial charge < -0.3 is 19.8 Å². The summed E-state index contributed by atoms with van der Waals surface area (Å²) in [7, 11) is 3.05. The zero-order valence-electron chi connectivity index (χ0n) is 10.5. The third kappa shape index (κ3) is 7.70. The molecule has 0 saturated heterocycles. The van der Waals surface area contributed by atoms with Crippen molar-refractivity contribution in [3.63, 3.8) is 0 Å². The van der Waals surface area contributed by atoms with Crippen LogP contribution in [0.2, 0.25) is 0 Å². The molecule has 2 unspecified atom stereocenters. The number of carbonyl (C=O) groups is 2. The van der Waals surface area contributed by atoms with Crippen LogP contribution < -0.4 is 0 Å². The molecule has 0 rings (SSSR count). The molecule has 0 aliphatic rings. The van der Waals surface area contributed by atoms with E-state index in [4.69, 9.17) is 9.84 Å². The van der Waals surface area contributed by atoms with Crippen LogP contribution in [0.15, 0.2) is 0 Å². The largest absolute Gasteiger partial charge is 0.481 e. The maximum Gasteiger partial charge on any atom is 0.303 e. The summed E-state index contributed by atoms with van der Waals surface area (Å²) in [5.41, 5.74) is 0. The molecule has 17 heavy (non-hydrogen) atoms. The predicted molar refractivity (Wildman–Crippen MR) is 61.6 cm³/mol. The van der Waals surface area contributed by atoms with E-state index in [2.05, 4.69) is 0 Å². The molecule has 0 heterocycles. The molecular weight excluding hydrogens is 226 g/mol. The lowest BCUT2D eigenvalue weighted by atomic mass is 10.0. The first kappa shape index (κ1) is 15.9. The Kier molecular flexibility index (Phi) is 7.49. The highest BCUT2D eigenvalue weighted by atomic mass is 16.5. The zero-order valence-corrected chi connectivity index (χ0v) is 10.5. The minimum Gasteiger partial charge on any atom is -0.481 e. The number of likely N-dealkylation sites (N-methyl/N-ethyl adjacent to an activating group) is 1. The summed E-state index contributed by atoms with van der Waals surface area (Å²) in [6.45, 7) is 2.07. The molecule has 0 aliphatic heterocycles. The van der Waals surface area contributed by atoms with Gasteiger partial charge >= 0.3 is 5.97 Å². The van der Waals surface area contributed by atoms with Crippen molar-refractivity contribution in [1.29, 1.82) is 0 Å². The number of aliphatic carboxylic acids is 1. The minimum atomic E-state index is -0.910. The minimum absolute atomic E-state index is 0.0276. The zero-order chi connectivity index (χ0) is 13.4. The SMILES string of the molecule is COCC(O)CN(C)C(=O)CC(C)CC(=O)O. The van der Waals surface area contributed by atoms with E-state index in [-0.39, 0.29) is 37.8 Å². The molecule has 6 heteroatoms. The number of methoxy groups -OCH3 is 1. The molecule has 0 aromatic heterocycles. The van der Waals surface area contributed by atoms with E-state index in [0.717, 1.165) is 0 Å². The van der Waals surface area contributed by atoms with Gasteiger partial charge in [-0.3, -0.25) is 9.59 Å². The summed E-state index contributed by atoms with van der Waals surface area (Å²) in [6.07, 6.45) is -0.577. The number of ether oxygens (including phenoxy) is 1. The Morgan fingerprint density at radius 3 is 2.41 bits per heavy atom. The van der Waals surface area contributed by atoms with Gasteiger partial charge in [0.2, 0.25) is 5.91 Å². The topological polar surface area (TPSA) is 87.1 Å². The number of hydrogen-bond donors (Lipinski definition) is 2. The lowest BCUT2D eigenvalue weighted by Crippen LogP contribution is -2.36. The van der Waals surface area contributed by atoms with Crippen LogP contribution >= 0.6 is 0 Å². The number of hydrogen-bond acceptors (Lipinski definition) is 4. The summed E-state index contributed by atoms with van der Waals surface area (Å²) < 4.78 is 4.75. The molecule has 2 atom stereocenters. The molecule has 2 N–H and O–H groups in total. The Balaban J connectivity index is 4.00. The summed E-state index contributed by atoms with van der Waals surface area (Å²) >= 11 is 0. The van der Waals surface area contributed by atoms with E-state index in [0.29, 0.717) is 0 Å². The fourth-order valence-corrected chi connectivity index (χ4v) is 1.49. The predicted octanol–water partition coefficient (Wildman–Crippen LogP) is -0.0470. The van der Waals surface area contributed by atoms with E-state index in [1.165, 1.54) is 12.0 Å². The van der Waals surface area contributed by atoms with Gasteiger partial charge in [-0.25, -0.2) is 0 Å². The lowest BCUT2D eigenvalue weighted by molar-refractivity contribution is -0.138. The van der Waals surface area contributed by atoms with Gasteiger partial charge in [0.15, 0.2) is 0 Å². The van der Waals surface area contributed by atoms with E-state index in [1.807, 2.05) is 0 Å². The van der Waals surface area contributed by atoms with Crippen molar-refractivity contribution in [3.8, 4) is 0 Å². The smallest absolute Gasteiger partial charge is 0.303 e. The van der Waals surface area contributed by atoms with Crippen molar-refractivity contribution < 1.29 is 24.5 Å². The van der Waals surface area contributed by atoms with Gasteiger partial charge in [0.05, 0.1) is 12.7 Å². The number of carbonyl (C=O) groups excluding carboxylic acids is 1. The van der Waals surface area contributed by atoms with Crippen molar-refractivity contribution >= 4 is 11.9 Å². The molecule has 100 valence electrons. The second-order valence-electron chi connectivity index (χ2n) is 4.29. The van der Waals surface area contributed by atoms with Crippen molar-refractivity contribution in [2.75, 3.05) is 27.3 Å². The van der Waals surface area contributed by atoms with Gasteiger partial charge in [0.25, 0.3) is 0 Å². The fourth-order valence-electron chi connectivity index (χ4n) is 1.49. The van der Waals surface area contributed by atoms with Crippen LogP contribution in [0.1, 0.15) is 19.8 Å². The summed E-state index contributed by atoms with van der Waals surface area (Å²) in [4.78, 5) is 23.5. The maximum absolute atomic E-state index is 11.7. The fraction of sp³-hybridized carbons (Fsp3) is 0.818. The molecule has 0 saturated carbocycles. The average Bonchev–Trinajstić information content (AvgIpc) is 2.15. The third-order valence-corrected chi connectivity index (χ3v) is 2.32. The van der Waals surface area contributed by atoms with E-state index in [9.17, 15) is 14.7 Å². The molecule has 0 fully saturated rings. The highest BCUT2D eigenvalue weighted by Crippen LogP contribution is 2.09. The molecule has 0 aromatic carbocycles. The highest BCUT2D eigenvalue weighted by molar-refractivity contribution is 5.77. The van der Waals surface area contributed by atoms with Crippen LogP contribution in [0.4, 0.5) is 0 Å². The van der Waals surface area contributed by atoms with E-state index in [1.54, 1.807) is 14.0 Å². The Labute approximate surface area is 101 Å². The summed E-state index contributed by atoms with van der Waals surface area (Å²) in [6, 6.07) is 0. The molecule has 0 aliphatic carbocycles. The third-order valence-electron chi connectivity index (χ3n) is 2.32. The molecule has 1 amide bonds. The van der Waals surface area contributed by atoms with Crippen molar-refractivity contribution in [2.24, 2.45) is 5.92 Å². The number of rotatable bonds is 8. The molecule has 0 radical (unpaired) electrons. The first-order chi connectivity index (χ1) is 7.86. The van der Waals surface area contributed by atoms with Gasteiger partial charge in [-0.15, -0.1) is 0 Å². The van der Waals surface area contributed by atoms with Gasteiger partial charge in [-0.2, -0.15) is 0 Å². The highest BCUT2D eigenvalue weighted by Gasteiger charge is 2.17. The number of carboxylic acids is 1. The molecule has 0 spiro atoms. The van der Waals surface area contributed by atoms with E-state index >= 15 is 0 Å². The standard InChI is InChI=1S/C11H21NO5/c1-8(5-11(15)16)4-10(14)12(2)6-9(13)7-17-3/h8-9,13H,4-7H2,1-3H3,(H,15,16). The Hall–Kier alpha value is -1.14. The first-order valence-electron chi connectivity index (χ1n) is 5.49. The van der Waals surface area contributed by atoms with E-state index < -0.39 is 12.1 Å². The number of nitrogens with zero attached hydrogens (tertiary/aromatic N) is 1. The number of aliphatic hydroxyl groups is 1. The monoisotopic (exact) mass is 247 g/mol. The van der Waals surface area contributed by atoms with Crippen molar-refractivity contribution in [3.05, 3.63) is 0 Å². The quantitative estimate of drug-likeness (QED) is 0.628. The van der Waals surface area contributed by atoms with Gasteiger partial charge in [-0.05, 0) is 5.92 Å². The van der Waals surface area contributed by atoms with Gasteiger partial charge in [-0.1, -0.05) is 6.92 Å². The van der Waals surface area contributed by atoms with Gasteiger partial charge in [0, 0.05) is 33.5 Å². The second-order valence-corrected chi connectivity index (χ2v) is 4.29. The van der Waals surface area contributed by atoms with Crippen LogP contribution in [-0.4, -0.2) is 60.4 Å². The molecular formula is C11H21NO5. The first-order valence-corrected chi connectivity index (χ1v) is 5.49. The Bertz CT molecular complexity index is 256. The normalized spacial score (nSPS) is 14.1. The van der Waals surface area contributed by atoms with Crippen LogP contribution in [0.5, 0.6) is 0 Å². The lowest BCUT2D eigenvalue weighted by Gasteiger charge is -2.21. The maximum atomic E-state index is 11.7. The molecule has 6 nitrogen and oxygen atoms in total. The van der Waals surface area contributed by atoms with Crippen LogP contribution in [0.25, 0.3) is 0 Å². The second kappa shape index (κ2) is 8.03. The molecule has 0 aromatic rings. The Morgan fingerprint density at radius 2 is 1.94 bits per heavy atom. The summed E-state index contributed by atoms with van der Waals surface area (Å²) in [5.74, 6) is -1.29. The number of carboxylic acid groups (broad SMARTS) is 1. The number of amides is 1. The number of aliphatic hydroxyl groups excluding tert-OH is 1. The van der Waals surface area contributed by atoms with Crippen molar-refractivity contribution in [1.82, 2.24) is 4.90 Å². The van der Waals surface area contributed by atoms with Crippen LogP contribution in [0, 0.1) is 5.92 Å². The Morgan fingerprint density at radius 1 is 1.35 bits per heavy atom. The van der Waals surface area contributed by atoms with Crippen LogP contribution in [-0.2, 0) is 14.3 Å². The average molecular weight is 247 g/mol. The summed E-state index contributed by atoms with van der Waals surface area (Å²) in [5, 5.41) is 18.0. The van der Waals surface area contributed by atoms with Crippen LogP contribution in [0.3, 0.4) is 0 Å². The molecule has 0 bridgehead atoms. The van der Waals surface area contributed by atoms with Crippen molar-refractivity contribution in [2.45, 2.75) is 25.9 Å². The van der Waals surface area contributed by atoms with Gasteiger partial charge in [0.1, 0.15) is 0 Å².